The van der Waals surface area contributed by atoms with Gasteiger partial charge in [-0.05, 0) is 55.4 Å². The Balaban J connectivity index is 1.05. The zero-order chi connectivity index (χ0) is 38.8. The molecule has 0 aliphatic carbocycles. The quantitative estimate of drug-likeness (QED) is 0.133. The van der Waals surface area contributed by atoms with Crippen molar-refractivity contribution in [2.24, 2.45) is 5.92 Å². The van der Waals surface area contributed by atoms with Crippen LogP contribution in [0.4, 0.5) is 14.6 Å². The largest absolute Gasteiger partial charge is 0.382 e. The van der Waals surface area contributed by atoms with E-state index in [1.807, 2.05) is 81.7 Å². The van der Waals surface area contributed by atoms with Gasteiger partial charge in [0.2, 0.25) is 11.8 Å². The van der Waals surface area contributed by atoms with Crippen molar-refractivity contribution in [2.75, 3.05) is 12.3 Å². The number of alkyl halides is 2. The van der Waals surface area contributed by atoms with E-state index in [1.165, 1.54) is 6.07 Å². The summed E-state index contributed by atoms with van der Waals surface area (Å²) in [5, 5.41) is 15.6. The molecule has 2 amide bonds. The molecule has 3 N–H and O–H groups in total. The van der Waals surface area contributed by atoms with Crippen LogP contribution < -0.4 is 11.1 Å². The maximum absolute atomic E-state index is 14.2. The zero-order valence-corrected chi connectivity index (χ0v) is 31.7. The molecule has 3 unspecified atom stereocenters. The molecular formula is C42H41F2N7O3S. The first-order valence-electron chi connectivity index (χ1n) is 18.2. The van der Waals surface area contributed by atoms with Crippen LogP contribution >= 0.6 is 11.3 Å². The van der Waals surface area contributed by atoms with Crippen molar-refractivity contribution in [2.45, 2.75) is 65.0 Å². The summed E-state index contributed by atoms with van der Waals surface area (Å²) in [5.41, 5.74) is 14.0. The van der Waals surface area contributed by atoms with E-state index in [9.17, 15) is 18.4 Å². The van der Waals surface area contributed by atoms with Gasteiger partial charge >= 0.3 is 0 Å². The number of nitrogens with two attached hydrogens (primary N) is 1. The zero-order valence-electron chi connectivity index (χ0n) is 30.9. The second kappa shape index (κ2) is 15.9. The van der Waals surface area contributed by atoms with Crippen LogP contribution in [0.1, 0.15) is 74.6 Å². The predicted molar refractivity (Wildman–Crippen MR) is 209 cm³/mol. The average molecular weight is 762 g/mol. The van der Waals surface area contributed by atoms with Gasteiger partial charge in [0.15, 0.2) is 5.82 Å². The minimum Gasteiger partial charge on any atom is -0.382 e. The van der Waals surface area contributed by atoms with Crippen LogP contribution in [0, 0.1) is 12.8 Å². The van der Waals surface area contributed by atoms with E-state index in [-0.39, 0.29) is 46.4 Å². The van der Waals surface area contributed by atoms with E-state index in [1.54, 1.807) is 46.6 Å². The Morgan fingerprint density at radius 1 is 0.909 bits per heavy atom. The molecule has 0 spiro atoms. The van der Waals surface area contributed by atoms with Gasteiger partial charge in [0, 0.05) is 34.9 Å². The SMILES string of the molecule is Cc1ncsc1-c1ccc(C(C)NC(=O)C2CCCN2C(=O)C(c2cc(-c3ccc(-c4cc(-c5ccccc5C(F)F)nnc4N)cc3)no2)C(C)C)cc1. The van der Waals surface area contributed by atoms with Gasteiger partial charge in [0.25, 0.3) is 6.43 Å². The summed E-state index contributed by atoms with van der Waals surface area (Å²) < 4.78 is 33.2. The number of aryl methyl sites for hydroxylation is 1. The molecule has 7 rings (SSSR count). The Morgan fingerprint density at radius 2 is 1.62 bits per heavy atom. The van der Waals surface area contributed by atoms with Crippen molar-refractivity contribution in [3.05, 3.63) is 113 Å². The molecule has 1 aliphatic heterocycles. The first kappa shape index (κ1) is 37.5. The summed E-state index contributed by atoms with van der Waals surface area (Å²) in [6, 6.07) is 24.2. The molecule has 0 saturated carbocycles. The number of nitrogens with one attached hydrogen (secondary N) is 1. The van der Waals surface area contributed by atoms with Gasteiger partial charge in [-0.25, -0.2) is 13.8 Å². The monoisotopic (exact) mass is 761 g/mol. The normalized spacial score (nSPS) is 15.4. The number of amides is 2. The fourth-order valence-electron chi connectivity index (χ4n) is 7.19. The molecule has 282 valence electrons. The number of carbonyl (C=O) groups excluding carboxylic acids is 2. The van der Waals surface area contributed by atoms with Gasteiger partial charge in [-0.1, -0.05) is 91.8 Å². The van der Waals surface area contributed by atoms with Crippen LogP contribution in [0.25, 0.3) is 44.1 Å². The third-order valence-electron chi connectivity index (χ3n) is 10.2. The van der Waals surface area contributed by atoms with Crippen LogP contribution in [0.15, 0.2) is 95.0 Å². The molecule has 1 fully saturated rings. The molecule has 3 aromatic carbocycles. The van der Waals surface area contributed by atoms with Crippen LogP contribution in [0.3, 0.4) is 0 Å². The van der Waals surface area contributed by atoms with Gasteiger partial charge < -0.3 is 20.5 Å². The van der Waals surface area contributed by atoms with Crippen molar-refractivity contribution in [3.63, 3.8) is 0 Å². The number of carbonyl (C=O) groups is 2. The first-order valence-corrected chi connectivity index (χ1v) is 19.1. The Labute approximate surface area is 321 Å². The minimum atomic E-state index is -2.67. The summed E-state index contributed by atoms with van der Waals surface area (Å²) in [6.07, 6.45) is -1.38. The number of nitrogen functional groups attached to an aromatic ring is 1. The van der Waals surface area contributed by atoms with Crippen molar-refractivity contribution < 1.29 is 22.9 Å². The predicted octanol–water partition coefficient (Wildman–Crippen LogP) is 9.03. The Morgan fingerprint density at radius 3 is 2.31 bits per heavy atom. The molecule has 6 aromatic rings. The topological polar surface area (TPSA) is 140 Å². The molecular weight excluding hydrogens is 721 g/mol. The summed E-state index contributed by atoms with van der Waals surface area (Å²) in [6.45, 7) is 8.31. The smallest absolute Gasteiger partial charge is 0.264 e. The van der Waals surface area contributed by atoms with Gasteiger partial charge in [-0.3, -0.25) is 9.59 Å². The van der Waals surface area contributed by atoms with Crippen LogP contribution in [0.5, 0.6) is 0 Å². The lowest BCUT2D eigenvalue weighted by Gasteiger charge is -2.29. The molecule has 4 heterocycles. The van der Waals surface area contributed by atoms with Crippen molar-refractivity contribution >= 4 is 29.0 Å². The number of hydrogen-bond acceptors (Lipinski definition) is 9. The molecule has 3 atom stereocenters. The van der Waals surface area contributed by atoms with Gasteiger partial charge in [-0.15, -0.1) is 21.5 Å². The molecule has 0 radical (unpaired) electrons. The maximum atomic E-state index is 14.2. The van der Waals surface area contributed by atoms with E-state index in [0.717, 1.165) is 33.7 Å². The van der Waals surface area contributed by atoms with Crippen LogP contribution in [-0.4, -0.2) is 49.6 Å². The number of benzene rings is 3. The average Bonchev–Trinajstić information content (AvgIpc) is 3.97. The van der Waals surface area contributed by atoms with E-state index < -0.39 is 18.4 Å². The molecule has 0 bridgehead atoms. The van der Waals surface area contributed by atoms with Crippen molar-refractivity contribution in [3.8, 4) is 44.1 Å². The number of likely N-dealkylation sites (tertiary alicyclic amines) is 1. The van der Waals surface area contributed by atoms with E-state index >= 15 is 0 Å². The highest BCUT2D eigenvalue weighted by Crippen LogP contribution is 2.36. The number of aromatic nitrogens is 4. The van der Waals surface area contributed by atoms with Crippen molar-refractivity contribution in [1.82, 2.24) is 30.6 Å². The molecule has 13 heteroatoms. The molecule has 3 aromatic heterocycles. The lowest BCUT2D eigenvalue weighted by molar-refractivity contribution is -0.141. The molecule has 1 aliphatic rings. The standard InChI is InChI=1S/C42H41F2N7O3S/c1-23(2)37(42(53)51-19-7-10-35(51)41(52)47-24(3)26-11-17-29(18-12-26)38-25(4)46-22-55-38)36-21-33(50-54-36)28-15-13-27(14-16-28)32-20-34(48-49-40(32)45)30-8-5-6-9-31(30)39(43)44/h5-6,8-9,11-18,20-24,35,37,39H,7,10,19H2,1-4H3,(H2,45,49)(H,47,52). The minimum absolute atomic E-state index is 0.133. The molecule has 1 saturated heterocycles. The summed E-state index contributed by atoms with van der Waals surface area (Å²) in [4.78, 5) is 35.0. The van der Waals surface area contributed by atoms with E-state index in [2.05, 4.69) is 25.7 Å². The summed E-state index contributed by atoms with van der Waals surface area (Å²) in [7, 11) is 0. The van der Waals surface area contributed by atoms with Crippen LogP contribution in [0.2, 0.25) is 0 Å². The summed E-state index contributed by atoms with van der Waals surface area (Å²) >= 11 is 1.60. The number of rotatable bonds is 11. The van der Waals surface area contributed by atoms with E-state index in [0.29, 0.717) is 35.5 Å². The Bertz CT molecular complexity index is 2310. The first-order chi connectivity index (χ1) is 26.5. The highest BCUT2D eigenvalue weighted by molar-refractivity contribution is 7.13. The lowest BCUT2D eigenvalue weighted by atomic mass is 9.91. The third-order valence-corrected chi connectivity index (χ3v) is 11.1. The number of thiazole rings is 1. The van der Waals surface area contributed by atoms with Gasteiger partial charge in [-0.2, -0.15) is 0 Å². The lowest BCUT2D eigenvalue weighted by Crippen LogP contribution is -2.48. The fourth-order valence-corrected chi connectivity index (χ4v) is 8.00. The van der Waals surface area contributed by atoms with Crippen LogP contribution in [-0.2, 0) is 9.59 Å². The Kier molecular flexibility index (Phi) is 10.8. The maximum Gasteiger partial charge on any atom is 0.264 e. The highest BCUT2D eigenvalue weighted by Gasteiger charge is 2.40. The number of anilines is 1. The summed E-state index contributed by atoms with van der Waals surface area (Å²) in [5.74, 6) is -0.561. The molecule has 55 heavy (non-hydrogen) atoms. The van der Waals surface area contributed by atoms with Gasteiger partial charge in [0.1, 0.15) is 23.4 Å². The van der Waals surface area contributed by atoms with E-state index in [4.69, 9.17) is 10.3 Å². The van der Waals surface area contributed by atoms with Gasteiger partial charge in [0.05, 0.1) is 27.8 Å². The number of hydrogen-bond donors (Lipinski definition) is 2. The number of nitrogens with zero attached hydrogens (tertiary/aromatic N) is 5. The molecule has 10 nitrogen and oxygen atoms in total. The third kappa shape index (κ3) is 7.74. The Hall–Kier alpha value is -5.82. The second-order valence-electron chi connectivity index (χ2n) is 14.1. The fraction of sp³-hybridized carbons (Fsp3) is 0.286. The van der Waals surface area contributed by atoms with Crippen molar-refractivity contribution in [1.29, 1.82) is 0 Å². The second-order valence-corrected chi connectivity index (χ2v) is 15.0. The number of halogens is 2. The highest BCUT2D eigenvalue weighted by atomic mass is 32.1.